The monoisotopic (exact) mass is 247 g/mol. The number of esters is 1. The first kappa shape index (κ1) is 12.6. The van der Waals surface area contributed by atoms with Gasteiger partial charge in [-0.3, -0.25) is 9.59 Å². The number of amides is 1. The molecule has 0 aromatic heterocycles. The van der Waals surface area contributed by atoms with E-state index >= 15 is 0 Å². The first-order valence-corrected chi connectivity index (χ1v) is 5.86. The van der Waals surface area contributed by atoms with Crippen LogP contribution >= 0.6 is 0 Å². The number of carbonyl (C=O) groups is 2. The quantitative estimate of drug-likeness (QED) is 0.748. The number of benzene rings is 1. The van der Waals surface area contributed by atoms with Crippen molar-refractivity contribution in [2.24, 2.45) is 0 Å². The average molecular weight is 247 g/mol. The molecule has 1 aliphatic rings. The van der Waals surface area contributed by atoms with Crippen molar-refractivity contribution >= 4 is 17.6 Å². The standard InChI is InChI=1S/C14H17NO3/c1-9-5-6-10-11(7-9)15(3)13(17)14(10,2)8-12(16)18-4/h5-7H,8H2,1-4H3. The maximum Gasteiger partial charge on any atom is 0.306 e. The molecule has 4 heteroatoms. The van der Waals surface area contributed by atoms with Gasteiger partial charge in [0.25, 0.3) is 0 Å². The van der Waals surface area contributed by atoms with Crippen LogP contribution < -0.4 is 4.90 Å². The van der Waals surface area contributed by atoms with Gasteiger partial charge in [-0.25, -0.2) is 0 Å². The molecule has 1 unspecified atom stereocenters. The van der Waals surface area contributed by atoms with Crippen molar-refractivity contribution in [3.63, 3.8) is 0 Å². The van der Waals surface area contributed by atoms with Crippen LogP contribution in [0.3, 0.4) is 0 Å². The van der Waals surface area contributed by atoms with E-state index in [1.807, 2.05) is 25.1 Å². The SMILES string of the molecule is COC(=O)CC1(C)C(=O)N(C)c2cc(C)ccc21. The van der Waals surface area contributed by atoms with Crippen LogP contribution in [0.1, 0.15) is 24.5 Å². The lowest BCUT2D eigenvalue weighted by Crippen LogP contribution is -2.38. The highest BCUT2D eigenvalue weighted by Crippen LogP contribution is 2.43. The van der Waals surface area contributed by atoms with Gasteiger partial charge in [0.15, 0.2) is 0 Å². The Hall–Kier alpha value is -1.84. The van der Waals surface area contributed by atoms with Crippen molar-refractivity contribution in [3.05, 3.63) is 29.3 Å². The molecule has 0 saturated carbocycles. The van der Waals surface area contributed by atoms with Crippen LogP contribution in [0.15, 0.2) is 18.2 Å². The van der Waals surface area contributed by atoms with Crippen LogP contribution in [0.2, 0.25) is 0 Å². The van der Waals surface area contributed by atoms with Crippen LogP contribution in [-0.4, -0.2) is 26.0 Å². The molecule has 96 valence electrons. The summed E-state index contributed by atoms with van der Waals surface area (Å²) in [6.45, 7) is 3.78. The molecule has 1 aromatic rings. The third-order valence-corrected chi connectivity index (χ3v) is 3.61. The zero-order valence-electron chi connectivity index (χ0n) is 11.1. The minimum Gasteiger partial charge on any atom is -0.469 e. The molecule has 0 radical (unpaired) electrons. The van der Waals surface area contributed by atoms with Gasteiger partial charge in [0.05, 0.1) is 18.9 Å². The lowest BCUT2D eigenvalue weighted by molar-refractivity contribution is -0.144. The molecular weight excluding hydrogens is 230 g/mol. The first-order chi connectivity index (χ1) is 8.40. The highest BCUT2D eigenvalue weighted by molar-refractivity contribution is 6.09. The summed E-state index contributed by atoms with van der Waals surface area (Å²) in [6, 6.07) is 5.85. The largest absolute Gasteiger partial charge is 0.469 e. The number of anilines is 1. The maximum absolute atomic E-state index is 12.4. The van der Waals surface area contributed by atoms with E-state index in [-0.39, 0.29) is 18.3 Å². The van der Waals surface area contributed by atoms with Crippen LogP contribution in [0.5, 0.6) is 0 Å². The summed E-state index contributed by atoms with van der Waals surface area (Å²) in [5, 5.41) is 0. The fourth-order valence-corrected chi connectivity index (χ4v) is 2.51. The number of fused-ring (bicyclic) bond motifs is 1. The summed E-state index contributed by atoms with van der Waals surface area (Å²) in [7, 11) is 3.08. The van der Waals surface area contributed by atoms with E-state index in [0.717, 1.165) is 16.8 Å². The molecule has 2 rings (SSSR count). The number of rotatable bonds is 2. The molecule has 4 nitrogen and oxygen atoms in total. The van der Waals surface area contributed by atoms with Gasteiger partial charge in [-0.05, 0) is 31.0 Å². The van der Waals surface area contributed by atoms with E-state index in [9.17, 15) is 9.59 Å². The third-order valence-electron chi connectivity index (χ3n) is 3.61. The van der Waals surface area contributed by atoms with Crippen molar-refractivity contribution in [1.29, 1.82) is 0 Å². The zero-order valence-corrected chi connectivity index (χ0v) is 11.1. The van der Waals surface area contributed by atoms with E-state index in [1.165, 1.54) is 7.11 Å². The molecule has 0 aliphatic carbocycles. The Morgan fingerprint density at radius 2 is 2.11 bits per heavy atom. The Morgan fingerprint density at radius 3 is 2.72 bits per heavy atom. The Balaban J connectivity index is 2.51. The second-order valence-corrected chi connectivity index (χ2v) is 4.97. The lowest BCUT2D eigenvalue weighted by Gasteiger charge is -2.21. The molecule has 0 spiro atoms. The number of methoxy groups -OCH3 is 1. The molecule has 1 heterocycles. The van der Waals surface area contributed by atoms with Crippen molar-refractivity contribution < 1.29 is 14.3 Å². The van der Waals surface area contributed by atoms with Gasteiger partial charge in [-0.2, -0.15) is 0 Å². The summed E-state index contributed by atoms with van der Waals surface area (Å²) in [6.07, 6.45) is 0.0722. The molecule has 0 saturated heterocycles. The van der Waals surface area contributed by atoms with Crippen LogP contribution in [0, 0.1) is 6.92 Å². The number of carbonyl (C=O) groups excluding carboxylic acids is 2. The fraction of sp³-hybridized carbons (Fsp3) is 0.429. The van der Waals surface area contributed by atoms with E-state index in [0.29, 0.717) is 0 Å². The Labute approximate surface area is 107 Å². The van der Waals surface area contributed by atoms with Crippen LogP contribution in [-0.2, 0) is 19.7 Å². The second-order valence-electron chi connectivity index (χ2n) is 4.97. The first-order valence-electron chi connectivity index (χ1n) is 5.86. The van der Waals surface area contributed by atoms with Gasteiger partial charge in [0, 0.05) is 12.7 Å². The normalized spacial score (nSPS) is 22.0. The van der Waals surface area contributed by atoms with E-state index in [4.69, 9.17) is 0 Å². The summed E-state index contributed by atoms with van der Waals surface area (Å²) < 4.78 is 4.69. The van der Waals surface area contributed by atoms with Gasteiger partial charge >= 0.3 is 5.97 Å². The second kappa shape index (κ2) is 4.12. The topological polar surface area (TPSA) is 46.6 Å². The van der Waals surface area contributed by atoms with Gasteiger partial charge in [0.2, 0.25) is 5.91 Å². The number of hydrogen-bond acceptors (Lipinski definition) is 3. The van der Waals surface area contributed by atoms with E-state index in [1.54, 1.807) is 18.9 Å². The number of ether oxygens (including phenoxy) is 1. The number of likely N-dealkylation sites (N-methyl/N-ethyl adjacent to an activating group) is 1. The molecule has 0 bridgehead atoms. The molecule has 0 N–H and O–H groups in total. The maximum atomic E-state index is 12.4. The molecule has 1 amide bonds. The Morgan fingerprint density at radius 1 is 1.44 bits per heavy atom. The Bertz CT molecular complexity index is 524. The minimum absolute atomic E-state index is 0.0616. The lowest BCUT2D eigenvalue weighted by atomic mass is 9.80. The smallest absolute Gasteiger partial charge is 0.306 e. The molecule has 1 aliphatic heterocycles. The van der Waals surface area contributed by atoms with E-state index in [2.05, 4.69) is 4.74 Å². The minimum atomic E-state index is -0.815. The van der Waals surface area contributed by atoms with Gasteiger partial charge in [0.1, 0.15) is 0 Å². The average Bonchev–Trinajstić information content (AvgIpc) is 2.52. The van der Waals surface area contributed by atoms with Crippen molar-refractivity contribution in [2.45, 2.75) is 25.7 Å². The van der Waals surface area contributed by atoms with Gasteiger partial charge in [-0.1, -0.05) is 12.1 Å². The Kier molecular flexibility index (Phi) is 2.89. The summed E-state index contributed by atoms with van der Waals surface area (Å²) in [5.74, 6) is -0.429. The summed E-state index contributed by atoms with van der Waals surface area (Å²) in [4.78, 5) is 25.5. The van der Waals surface area contributed by atoms with Crippen LogP contribution in [0.25, 0.3) is 0 Å². The van der Waals surface area contributed by atoms with Crippen LogP contribution in [0.4, 0.5) is 5.69 Å². The van der Waals surface area contributed by atoms with Crippen molar-refractivity contribution in [2.75, 3.05) is 19.1 Å². The molecule has 1 aromatic carbocycles. The zero-order chi connectivity index (χ0) is 13.5. The predicted octanol–water partition coefficient (Wildman–Crippen LogP) is 1.79. The highest BCUT2D eigenvalue weighted by Gasteiger charge is 2.47. The van der Waals surface area contributed by atoms with Gasteiger partial charge < -0.3 is 9.64 Å². The number of hydrogen-bond donors (Lipinski definition) is 0. The summed E-state index contributed by atoms with van der Waals surface area (Å²) in [5.41, 5.74) is 2.05. The third kappa shape index (κ3) is 1.68. The predicted molar refractivity (Wildman–Crippen MR) is 68.6 cm³/mol. The number of aryl methyl sites for hydroxylation is 1. The molecular formula is C14H17NO3. The fourth-order valence-electron chi connectivity index (χ4n) is 2.51. The number of nitrogens with zero attached hydrogens (tertiary/aromatic N) is 1. The molecule has 18 heavy (non-hydrogen) atoms. The molecule has 0 fully saturated rings. The van der Waals surface area contributed by atoms with Crippen molar-refractivity contribution in [3.8, 4) is 0 Å². The van der Waals surface area contributed by atoms with Gasteiger partial charge in [-0.15, -0.1) is 0 Å². The van der Waals surface area contributed by atoms with E-state index < -0.39 is 5.41 Å². The molecule has 1 atom stereocenters. The highest BCUT2D eigenvalue weighted by atomic mass is 16.5. The van der Waals surface area contributed by atoms with Crippen molar-refractivity contribution in [1.82, 2.24) is 0 Å². The summed E-state index contributed by atoms with van der Waals surface area (Å²) >= 11 is 0.